The molecule has 0 radical (unpaired) electrons. The van der Waals surface area contributed by atoms with Gasteiger partial charge in [-0.3, -0.25) is 0 Å². The first-order chi connectivity index (χ1) is 4.70. The molecule has 1 rings (SSSR count). The molecule has 60 valence electrons. The summed E-state index contributed by atoms with van der Waals surface area (Å²) in [4.78, 5) is 0. The van der Waals surface area contributed by atoms with Crippen molar-refractivity contribution in [1.82, 2.24) is 0 Å². The van der Waals surface area contributed by atoms with Crippen LogP contribution in [-0.4, -0.2) is 17.3 Å². The molecule has 0 aromatic heterocycles. The SMILES string of the molecule is C[C@@H]([NH3+])C1CCC(O)CC1. The van der Waals surface area contributed by atoms with Crippen molar-refractivity contribution in [2.75, 3.05) is 0 Å². The van der Waals surface area contributed by atoms with Crippen molar-refractivity contribution in [2.45, 2.75) is 44.8 Å². The third-order valence-electron chi connectivity index (χ3n) is 2.55. The van der Waals surface area contributed by atoms with Gasteiger partial charge in [0, 0.05) is 5.92 Å². The summed E-state index contributed by atoms with van der Waals surface area (Å²) in [6.45, 7) is 2.17. The molecule has 2 heteroatoms. The zero-order chi connectivity index (χ0) is 7.56. The van der Waals surface area contributed by atoms with Crippen LogP contribution in [0.2, 0.25) is 0 Å². The second kappa shape index (κ2) is 3.35. The van der Waals surface area contributed by atoms with E-state index in [1.807, 2.05) is 0 Å². The average molecular weight is 144 g/mol. The van der Waals surface area contributed by atoms with Gasteiger partial charge in [-0.25, -0.2) is 0 Å². The van der Waals surface area contributed by atoms with Crippen LogP contribution in [0.5, 0.6) is 0 Å². The van der Waals surface area contributed by atoms with Crippen LogP contribution < -0.4 is 5.73 Å². The minimum Gasteiger partial charge on any atom is -0.393 e. The van der Waals surface area contributed by atoms with E-state index in [0.717, 1.165) is 18.8 Å². The van der Waals surface area contributed by atoms with Crippen LogP contribution in [0.3, 0.4) is 0 Å². The zero-order valence-electron chi connectivity index (χ0n) is 6.71. The average Bonchev–Trinajstić information content (AvgIpc) is 1.88. The number of quaternary nitrogens is 1. The molecule has 0 unspecified atom stereocenters. The summed E-state index contributed by atoms with van der Waals surface area (Å²) in [6.07, 6.45) is 4.31. The lowest BCUT2D eigenvalue weighted by molar-refractivity contribution is -0.429. The van der Waals surface area contributed by atoms with Crippen LogP contribution in [0.4, 0.5) is 0 Å². The predicted octanol–water partition coefficient (Wildman–Crippen LogP) is 0.168. The van der Waals surface area contributed by atoms with Crippen molar-refractivity contribution < 1.29 is 10.8 Å². The molecule has 2 nitrogen and oxygen atoms in total. The molecule has 10 heavy (non-hydrogen) atoms. The maximum atomic E-state index is 9.19. The topological polar surface area (TPSA) is 47.9 Å². The Morgan fingerprint density at radius 1 is 1.30 bits per heavy atom. The molecule has 0 heterocycles. The van der Waals surface area contributed by atoms with Crippen LogP contribution in [0.15, 0.2) is 0 Å². The van der Waals surface area contributed by atoms with Gasteiger partial charge in [0.1, 0.15) is 0 Å². The van der Waals surface area contributed by atoms with Crippen LogP contribution in [0.25, 0.3) is 0 Å². The van der Waals surface area contributed by atoms with Gasteiger partial charge >= 0.3 is 0 Å². The molecule has 0 aromatic carbocycles. The molecule has 1 saturated carbocycles. The first-order valence-corrected chi connectivity index (χ1v) is 4.21. The highest BCUT2D eigenvalue weighted by Gasteiger charge is 2.23. The fourth-order valence-corrected chi connectivity index (χ4v) is 1.67. The summed E-state index contributed by atoms with van der Waals surface area (Å²) < 4.78 is 0. The Morgan fingerprint density at radius 2 is 1.80 bits per heavy atom. The zero-order valence-corrected chi connectivity index (χ0v) is 6.71. The number of hydrogen-bond acceptors (Lipinski definition) is 1. The summed E-state index contributed by atoms with van der Waals surface area (Å²) in [7, 11) is 0. The van der Waals surface area contributed by atoms with Gasteiger partial charge in [0.05, 0.1) is 12.1 Å². The molecular weight excluding hydrogens is 126 g/mol. The van der Waals surface area contributed by atoms with Gasteiger partial charge in [-0.05, 0) is 32.6 Å². The highest BCUT2D eigenvalue weighted by molar-refractivity contribution is 4.73. The van der Waals surface area contributed by atoms with Crippen LogP contribution in [-0.2, 0) is 0 Å². The maximum absolute atomic E-state index is 9.19. The predicted molar refractivity (Wildman–Crippen MR) is 40.3 cm³/mol. The number of aliphatic hydroxyl groups excluding tert-OH is 1. The molecular formula is C8H18NO+. The molecule has 0 aromatic rings. The van der Waals surface area contributed by atoms with Crippen LogP contribution >= 0.6 is 0 Å². The normalized spacial score (nSPS) is 37.5. The van der Waals surface area contributed by atoms with Crippen molar-refractivity contribution in [3.8, 4) is 0 Å². The standard InChI is InChI=1S/C8H17NO/c1-6(9)7-2-4-8(10)5-3-7/h6-8,10H,2-5,9H2,1H3/p+1/t6-,7?,8?/m1/s1. The fourth-order valence-electron chi connectivity index (χ4n) is 1.67. The lowest BCUT2D eigenvalue weighted by atomic mass is 9.84. The molecule has 0 bridgehead atoms. The Hall–Kier alpha value is -0.0800. The minimum atomic E-state index is -0.0185. The third kappa shape index (κ3) is 1.96. The quantitative estimate of drug-likeness (QED) is 0.541. The van der Waals surface area contributed by atoms with Crippen molar-refractivity contribution >= 4 is 0 Å². The van der Waals surface area contributed by atoms with Gasteiger partial charge < -0.3 is 10.8 Å². The molecule has 0 saturated heterocycles. The van der Waals surface area contributed by atoms with E-state index in [4.69, 9.17) is 0 Å². The molecule has 0 amide bonds. The van der Waals surface area contributed by atoms with Gasteiger partial charge in [-0.15, -0.1) is 0 Å². The van der Waals surface area contributed by atoms with E-state index in [1.165, 1.54) is 12.8 Å². The van der Waals surface area contributed by atoms with Gasteiger partial charge in [0.2, 0.25) is 0 Å². The van der Waals surface area contributed by atoms with Gasteiger partial charge in [-0.1, -0.05) is 0 Å². The minimum absolute atomic E-state index is 0.0185. The van der Waals surface area contributed by atoms with Gasteiger partial charge in [0.15, 0.2) is 0 Å². The van der Waals surface area contributed by atoms with Gasteiger partial charge in [-0.2, -0.15) is 0 Å². The maximum Gasteiger partial charge on any atom is 0.0843 e. The van der Waals surface area contributed by atoms with Crippen LogP contribution in [0, 0.1) is 5.92 Å². The summed E-state index contributed by atoms with van der Waals surface area (Å²) in [5.41, 5.74) is 4.01. The molecule has 1 aliphatic rings. The van der Waals surface area contributed by atoms with E-state index in [2.05, 4.69) is 12.7 Å². The Labute approximate surface area is 62.4 Å². The smallest absolute Gasteiger partial charge is 0.0843 e. The largest absolute Gasteiger partial charge is 0.393 e. The lowest BCUT2D eigenvalue weighted by Crippen LogP contribution is -2.63. The highest BCUT2D eigenvalue weighted by atomic mass is 16.3. The summed E-state index contributed by atoms with van der Waals surface area (Å²) in [6, 6.07) is 0.562. The highest BCUT2D eigenvalue weighted by Crippen LogP contribution is 2.25. The lowest BCUT2D eigenvalue weighted by Gasteiger charge is -2.25. The Bertz CT molecular complexity index is 95.4. The Balaban J connectivity index is 2.26. The number of hydrogen-bond donors (Lipinski definition) is 2. The van der Waals surface area contributed by atoms with Gasteiger partial charge in [0.25, 0.3) is 0 Å². The first kappa shape index (κ1) is 8.02. The number of rotatable bonds is 1. The summed E-state index contributed by atoms with van der Waals surface area (Å²) >= 11 is 0. The molecule has 4 N–H and O–H groups in total. The first-order valence-electron chi connectivity index (χ1n) is 4.21. The number of aliphatic hydroxyl groups is 1. The van der Waals surface area contributed by atoms with Crippen molar-refractivity contribution in [1.29, 1.82) is 0 Å². The van der Waals surface area contributed by atoms with E-state index < -0.39 is 0 Å². The summed E-state index contributed by atoms with van der Waals surface area (Å²) in [5, 5.41) is 9.19. The fraction of sp³-hybridized carbons (Fsp3) is 1.00. The van der Waals surface area contributed by atoms with E-state index in [-0.39, 0.29) is 6.10 Å². The summed E-state index contributed by atoms with van der Waals surface area (Å²) in [5.74, 6) is 0.767. The second-order valence-electron chi connectivity index (χ2n) is 3.55. The van der Waals surface area contributed by atoms with E-state index in [0.29, 0.717) is 6.04 Å². The Kier molecular flexibility index (Phi) is 2.69. The monoisotopic (exact) mass is 144 g/mol. The van der Waals surface area contributed by atoms with Crippen molar-refractivity contribution in [3.63, 3.8) is 0 Å². The molecule has 0 spiro atoms. The Morgan fingerprint density at radius 3 is 2.20 bits per heavy atom. The van der Waals surface area contributed by atoms with Crippen LogP contribution in [0.1, 0.15) is 32.6 Å². The molecule has 0 aliphatic heterocycles. The molecule has 1 atom stereocenters. The molecule has 1 fully saturated rings. The van der Waals surface area contributed by atoms with E-state index in [9.17, 15) is 5.11 Å². The van der Waals surface area contributed by atoms with Crippen molar-refractivity contribution in [2.24, 2.45) is 5.92 Å². The van der Waals surface area contributed by atoms with E-state index >= 15 is 0 Å². The third-order valence-corrected chi connectivity index (χ3v) is 2.55. The van der Waals surface area contributed by atoms with Crippen molar-refractivity contribution in [3.05, 3.63) is 0 Å². The van der Waals surface area contributed by atoms with E-state index in [1.54, 1.807) is 0 Å². The molecule has 1 aliphatic carbocycles. The second-order valence-corrected chi connectivity index (χ2v) is 3.55.